The lowest BCUT2D eigenvalue weighted by atomic mass is 10.1. The average Bonchev–Trinajstić information content (AvgIpc) is 2.43. The first-order chi connectivity index (χ1) is 9.61. The fourth-order valence-corrected chi connectivity index (χ4v) is 1.70. The number of unbranched alkanes of at least 4 members (excludes halogenated alkanes) is 2. The maximum Gasteiger partial charge on any atom is 0.302 e. The Morgan fingerprint density at radius 3 is 2.45 bits per heavy atom. The molecule has 0 aliphatic heterocycles. The average molecular weight is 278 g/mol. The molecule has 0 bridgehead atoms. The number of hydrogen-bond donors (Lipinski definition) is 2. The number of benzene rings is 1. The van der Waals surface area contributed by atoms with Crippen molar-refractivity contribution in [2.45, 2.75) is 39.2 Å². The molecule has 0 saturated heterocycles. The SMILES string of the molecule is CC(=O)OCc1ccc(NC(=O)CCCCCN)cc1. The molecule has 0 atom stereocenters. The molecule has 0 aliphatic carbocycles. The van der Waals surface area contributed by atoms with Gasteiger partial charge in [0.1, 0.15) is 6.61 Å². The van der Waals surface area contributed by atoms with E-state index in [1.54, 1.807) is 12.1 Å². The van der Waals surface area contributed by atoms with Crippen molar-refractivity contribution < 1.29 is 14.3 Å². The minimum Gasteiger partial charge on any atom is -0.461 e. The van der Waals surface area contributed by atoms with E-state index in [0.717, 1.165) is 30.5 Å². The summed E-state index contributed by atoms with van der Waals surface area (Å²) in [6, 6.07) is 7.26. The smallest absolute Gasteiger partial charge is 0.302 e. The van der Waals surface area contributed by atoms with E-state index in [1.165, 1.54) is 6.92 Å². The van der Waals surface area contributed by atoms with Gasteiger partial charge in [-0.25, -0.2) is 0 Å². The van der Waals surface area contributed by atoms with E-state index >= 15 is 0 Å². The number of nitrogens with two attached hydrogens (primary N) is 1. The van der Waals surface area contributed by atoms with Gasteiger partial charge in [-0.2, -0.15) is 0 Å². The summed E-state index contributed by atoms with van der Waals surface area (Å²) in [5, 5.41) is 2.83. The Kier molecular flexibility index (Phi) is 7.35. The van der Waals surface area contributed by atoms with Gasteiger partial charge in [0.05, 0.1) is 0 Å². The van der Waals surface area contributed by atoms with Gasteiger partial charge in [0.15, 0.2) is 0 Å². The first-order valence-electron chi connectivity index (χ1n) is 6.84. The normalized spacial score (nSPS) is 10.1. The highest BCUT2D eigenvalue weighted by Crippen LogP contribution is 2.11. The Morgan fingerprint density at radius 1 is 1.15 bits per heavy atom. The number of nitrogens with one attached hydrogen (secondary N) is 1. The molecule has 0 unspecified atom stereocenters. The molecule has 3 N–H and O–H groups in total. The van der Waals surface area contributed by atoms with Gasteiger partial charge in [-0.05, 0) is 37.1 Å². The highest BCUT2D eigenvalue weighted by molar-refractivity contribution is 5.90. The van der Waals surface area contributed by atoms with Crippen molar-refractivity contribution in [3.05, 3.63) is 29.8 Å². The van der Waals surface area contributed by atoms with E-state index in [-0.39, 0.29) is 18.5 Å². The number of amides is 1. The van der Waals surface area contributed by atoms with Crippen molar-refractivity contribution in [3.8, 4) is 0 Å². The Balaban J connectivity index is 2.33. The molecule has 20 heavy (non-hydrogen) atoms. The topological polar surface area (TPSA) is 81.4 Å². The largest absolute Gasteiger partial charge is 0.461 e. The Hall–Kier alpha value is -1.88. The number of esters is 1. The Labute approximate surface area is 119 Å². The summed E-state index contributed by atoms with van der Waals surface area (Å²) in [6.45, 7) is 2.30. The van der Waals surface area contributed by atoms with Crippen LogP contribution in [0.25, 0.3) is 0 Å². The fraction of sp³-hybridized carbons (Fsp3) is 0.467. The van der Waals surface area contributed by atoms with Gasteiger partial charge in [0.25, 0.3) is 0 Å². The summed E-state index contributed by atoms with van der Waals surface area (Å²) in [5.74, 6) is -0.297. The Bertz CT molecular complexity index is 429. The predicted molar refractivity (Wildman–Crippen MR) is 78.1 cm³/mol. The molecule has 5 heteroatoms. The highest BCUT2D eigenvalue weighted by Gasteiger charge is 2.02. The van der Waals surface area contributed by atoms with Crippen molar-refractivity contribution in [2.24, 2.45) is 5.73 Å². The third-order valence-electron chi connectivity index (χ3n) is 2.79. The van der Waals surface area contributed by atoms with Gasteiger partial charge in [-0.3, -0.25) is 9.59 Å². The van der Waals surface area contributed by atoms with Crippen LogP contribution in [0.1, 0.15) is 38.2 Å². The van der Waals surface area contributed by atoms with E-state index in [9.17, 15) is 9.59 Å². The van der Waals surface area contributed by atoms with E-state index in [0.29, 0.717) is 13.0 Å². The van der Waals surface area contributed by atoms with Gasteiger partial charge in [0.2, 0.25) is 5.91 Å². The zero-order valence-electron chi connectivity index (χ0n) is 11.9. The molecule has 1 aromatic rings. The quantitative estimate of drug-likeness (QED) is 0.564. The fourth-order valence-electron chi connectivity index (χ4n) is 1.70. The van der Waals surface area contributed by atoms with Crippen molar-refractivity contribution in [1.29, 1.82) is 0 Å². The van der Waals surface area contributed by atoms with Crippen molar-refractivity contribution in [2.75, 3.05) is 11.9 Å². The van der Waals surface area contributed by atoms with Crippen LogP contribution in [0.3, 0.4) is 0 Å². The van der Waals surface area contributed by atoms with Crippen molar-refractivity contribution >= 4 is 17.6 Å². The lowest BCUT2D eigenvalue weighted by Crippen LogP contribution is -2.11. The Morgan fingerprint density at radius 2 is 1.85 bits per heavy atom. The maximum atomic E-state index is 11.7. The van der Waals surface area contributed by atoms with Crippen LogP contribution in [0.4, 0.5) is 5.69 Å². The second kappa shape index (κ2) is 9.09. The first kappa shape index (κ1) is 16.2. The molecule has 1 rings (SSSR count). The van der Waals surface area contributed by atoms with Crippen LogP contribution in [0.15, 0.2) is 24.3 Å². The maximum absolute atomic E-state index is 11.7. The summed E-state index contributed by atoms with van der Waals surface area (Å²) in [4.78, 5) is 22.4. The lowest BCUT2D eigenvalue weighted by Gasteiger charge is -2.07. The number of rotatable bonds is 8. The third kappa shape index (κ3) is 6.89. The summed E-state index contributed by atoms with van der Waals surface area (Å²) in [7, 11) is 0. The van der Waals surface area contributed by atoms with Gasteiger partial charge < -0.3 is 15.8 Å². The molecule has 1 amide bonds. The molecule has 0 spiro atoms. The molecule has 0 radical (unpaired) electrons. The second-order valence-electron chi connectivity index (χ2n) is 4.62. The van der Waals surface area contributed by atoms with Crippen LogP contribution < -0.4 is 11.1 Å². The van der Waals surface area contributed by atoms with Crippen LogP contribution in [0.5, 0.6) is 0 Å². The van der Waals surface area contributed by atoms with Crippen LogP contribution >= 0.6 is 0 Å². The van der Waals surface area contributed by atoms with E-state index < -0.39 is 0 Å². The molecule has 1 aromatic carbocycles. The minimum absolute atomic E-state index is 0.00903. The molecular formula is C15H22N2O3. The summed E-state index contributed by atoms with van der Waals surface area (Å²) in [5.41, 5.74) is 7.03. The summed E-state index contributed by atoms with van der Waals surface area (Å²) < 4.78 is 4.89. The predicted octanol–water partition coefficient (Wildman–Crippen LogP) is 2.21. The van der Waals surface area contributed by atoms with Crippen LogP contribution in [0, 0.1) is 0 Å². The van der Waals surface area contributed by atoms with E-state index in [2.05, 4.69) is 5.32 Å². The molecule has 0 aromatic heterocycles. The number of carbonyl (C=O) groups excluding carboxylic acids is 2. The molecule has 0 fully saturated rings. The van der Waals surface area contributed by atoms with Crippen LogP contribution in [-0.2, 0) is 20.9 Å². The number of hydrogen-bond acceptors (Lipinski definition) is 4. The van der Waals surface area contributed by atoms with Gasteiger partial charge in [-0.15, -0.1) is 0 Å². The van der Waals surface area contributed by atoms with Crippen LogP contribution in [0.2, 0.25) is 0 Å². The van der Waals surface area contributed by atoms with Gasteiger partial charge in [-0.1, -0.05) is 18.6 Å². The van der Waals surface area contributed by atoms with Crippen LogP contribution in [-0.4, -0.2) is 18.4 Å². The number of ether oxygens (including phenoxy) is 1. The monoisotopic (exact) mass is 278 g/mol. The summed E-state index contributed by atoms with van der Waals surface area (Å²) in [6.07, 6.45) is 3.30. The van der Waals surface area contributed by atoms with Crippen molar-refractivity contribution in [3.63, 3.8) is 0 Å². The molecular weight excluding hydrogens is 256 g/mol. The van der Waals surface area contributed by atoms with Gasteiger partial charge in [0, 0.05) is 19.0 Å². The minimum atomic E-state index is -0.306. The number of carbonyl (C=O) groups is 2. The third-order valence-corrected chi connectivity index (χ3v) is 2.79. The van der Waals surface area contributed by atoms with E-state index in [1.807, 2.05) is 12.1 Å². The van der Waals surface area contributed by atoms with Crippen molar-refractivity contribution in [1.82, 2.24) is 0 Å². The molecule has 0 heterocycles. The number of anilines is 1. The molecule has 5 nitrogen and oxygen atoms in total. The zero-order valence-corrected chi connectivity index (χ0v) is 11.9. The molecule has 0 saturated carbocycles. The first-order valence-corrected chi connectivity index (χ1v) is 6.84. The zero-order chi connectivity index (χ0) is 14.8. The lowest BCUT2D eigenvalue weighted by molar-refractivity contribution is -0.142. The second-order valence-corrected chi connectivity index (χ2v) is 4.62. The molecule has 0 aliphatic rings. The summed E-state index contributed by atoms with van der Waals surface area (Å²) >= 11 is 0. The standard InChI is InChI=1S/C15H22N2O3/c1-12(18)20-11-13-6-8-14(9-7-13)17-15(19)5-3-2-4-10-16/h6-9H,2-5,10-11,16H2,1H3,(H,17,19). The highest BCUT2D eigenvalue weighted by atomic mass is 16.5. The van der Waals surface area contributed by atoms with Gasteiger partial charge >= 0.3 is 5.97 Å². The molecule has 110 valence electrons. The van der Waals surface area contributed by atoms with E-state index in [4.69, 9.17) is 10.5 Å².